The maximum absolute atomic E-state index is 10.6. The Morgan fingerprint density at radius 2 is 1.52 bits per heavy atom. The number of hydrogen-bond acceptors (Lipinski definition) is 3. The van der Waals surface area contributed by atoms with Crippen molar-refractivity contribution >= 4 is 5.97 Å². The van der Waals surface area contributed by atoms with Crippen LogP contribution in [0.3, 0.4) is 0 Å². The fourth-order valence-electron chi connectivity index (χ4n) is 2.18. The van der Waals surface area contributed by atoms with Crippen LogP contribution in [0.25, 0.3) is 0 Å². The first-order valence-corrected chi connectivity index (χ1v) is 8.20. The predicted octanol–water partition coefficient (Wildman–Crippen LogP) is 4.44. The van der Waals surface area contributed by atoms with E-state index in [0.29, 0.717) is 0 Å². The van der Waals surface area contributed by atoms with E-state index in [1.54, 1.807) is 0 Å². The van der Waals surface area contributed by atoms with Crippen molar-refractivity contribution in [3.8, 4) is 0 Å². The molecule has 7 heteroatoms. The first kappa shape index (κ1) is 21.6. The van der Waals surface area contributed by atoms with Gasteiger partial charge in [-0.1, -0.05) is 51.9 Å². The second kappa shape index (κ2) is 12.1. The van der Waals surface area contributed by atoms with Crippen LogP contribution in [0, 0.1) is 0 Å². The number of hydrogen-bond donors (Lipinski definition) is 1. The minimum absolute atomic E-state index is 1.08. The molecule has 0 aromatic rings. The Labute approximate surface area is 136 Å². The highest BCUT2D eigenvalue weighted by molar-refractivity contribution is 5.73. The molecule has 1 rings (SSSR count). The van der Waals surface area contributed by atoms with Crippen molar-refractivity contribution in [1.82, 2.24) is 9.80 Å². The van der Waals surface area contributed by atoms with Crippen LogP contribution >= 0.6 is 0 Å². The Hall–Kier alpha value is -1.40. The zero-order valence-corrected chi connectivity index (χ0v) is 14.1. The summed E-state index contributed by atoms with van der Waals surface area (Å²) < 4.78 is 31.7. The molecule has 0 saturated carbocycles. The van der Waals surface area contributed by atoms with Crippen molar-refractivity contribution < 1.29 is 23.1 Å². The number of carbonyl (C=O) groups is 1. The summed E-state index contributed by atoms with van der Waals surface area (Å²) in [5.74, 6) is -2.76. The molecule has 0 radical (unpaired) electrons. The van der Waals surface area contributed by atoms with Crippen LogP contribution in [-0.2, 0) is 4.79 Å². The molecule has 23 heavy (non-hydrogen) atoms. The summed E-state index contributed by atoms with van der Waals surface area (Å²) in [6, 6.07) is 0. The average Bonchev–Trinajstić information content (AvgIpc) is 2.87. The van der Waals surface area contributed by atoms with Crippen molar-refractivity contribution in [2.24, 2.45) is 0 Å². The first-order chi connectivity index (χ1) is 10.8. The maximum Gasteiger partial charge on any atom is 0.490 e. The monoisotopic (exact) mass is 338 g/mol. The number of rotatable bonds is 9. The standard InChI is InChI=1S/C14H28N2.C2HF3O2/c1-3-4-5-6-7-8-9-10-11-16-13-12-15(2)14-16;3-2(4,5)1(6)7/h12-13H,3-11,14H2,1-2H3;(H,6,7). The minimum Gasteiger partial charge on any atom is -0.475 e. The van der Waals surface area contributed by atoms with Crippen LogP contribution < -0.4 is 0 Å². The molecule has 4 nitrogen and oxygen atoms in total. The fourth-order valence-corrected chi connectivity index (χ4v) is 2.18. The van der Waals surface area contributed by atoms with Gasteiger partial charge in [-0.2, -0.15) is 13.2 Å². The van der Waals surface area contributed by atoms with Gasteiger partial charge in [0.15, 0.2) is 0 Å². The molecule has 0 aromatic heterocycles. The lowest BCUT2D eigenvalue weighted by Crippen LogP contribution is -2.23. The van der Waals surface area contributed by atoms with Gasteiger partial charge in [0.1, 0.15) is 0 Å². The summed E-state index contributed by atoms with van der Waals surface area (Å²) in [6.45, 7) is 4.59. The largest absolute Gasteiger partial charge is 0.490 e. The molecule has 0 unspecified atom stereocenters. The second-order valence-electron chi connectivity index (χ2n) is 5.79. The van der Waals surface area contributed by atoms with Gasteiger partial charge in [-0.3, -0.25) is 0 Å². The van der Waals surface area contributed by atoms with Crippen LogP contribution in [0.1, 0.15) is 58.3 Å². The van der Waals surface area contributed by atoms with Gasteiger partial charge in [0, 0.05) is 26.0 Å². The number of unbranched alkanes of at least 4 members (excludes halogenated alkanes) is 7. The summed E-state index contributed by atoms with van der Waals surface area (Å²) in [7, 11) is 2.13. The van der Waals surface area contributed by atoms with Gasteiger partial charge in [-0.25, -0.2) is 4.79 Å². The Morgan fingerprint density at radius 3 is 1.91 bits per heavy atom. The number of aliphatic carboxylic acids is 1. The number of carboxylic acids is 1. The summed E-state index contributed by atoms with van der Waals surface area (Å²) in [4.78, 5) is 13.5. The van der Waals surface area contributed by atoms with E-state index >= 15 is 0 Å². The van der Waals surface area contributed by atoms with E-state index in [1.165, 1.54) is 57.9 Å². The Kier molecular flexibility index (Phi) is 11.3. The quantitative estimate of drug-likeness (QED) is 0.631. The Morgan fingerprint density at radius 1 is 1.04 bits per heavy atom. The van der Waals surface area contributed by atoms with Crippen LogP contribution in [-0.4, -0.2) is 47.3 Å². The molecule has 0 atom stereocenters. The van der Waals surface area contributed by atoms with Crippen molar-refractivity contribution in [2.75, 3.05) is 20.3 Å². The third kappa shape index (κ3) is 12.8. The zero-order chi connectivity index (χ0) is 17.7. The van der Waals surface area contributed by atoms with Crippen LogP contribution in [0.4, 0.5) is 13.2 Å². The average molecular weight is 338 g/mol. The summed E-state index contributed by atoms with van der Waals surface area (Å²) in [5, 5.41) is 7.12. The highest BCUT2D eigenvalue weighted by Gasteiger charge is 2.38. The van der Waals surface area contributed by atoms with Gasteiger partial charge >= 0.3 is 12.1 Å². The molecule has 0 fully saturated rings. The smallest absolute Gasteiger partial charge is 0.475 e. The molecule has 0 spiro atoms. The Balaban J connectivity index is 0.000000585. The fraction of sp³-hybridized carbons (Fsp3) is 0.812. The number of halogens is 3. The molecule has 0 bridgehead atoms. The molecule has 1 aliphatic rings. The van der Waals surface area contributed by atoms with E-state index in [4.69, 9.17) is 9.90 Å². The molecule has 0 amide bonds. The zero-order valence-electron chi connectivity index (χ0n) is 14.1. The number of carboxylic acid groups (broad SMARTS) is 1. The van der Waals surface area contributed by atoms with E-state index in [2.05, 4.69) is 36.2 Å². The molecule has 1 N–H and O–H groups in total. The summed E-state index contributed by atoms with van der Waals surface area (Å²) in [5.41, 5.74) is 0. The molecule has 136 valence electrons. The van der Waals surface area contributed by atoms with Gasteiger partial charge in [-0.15, -0.1) is 0 Å². The SMILES string of the molecule is CCCCCCCCCCN1C=CN(C)C1.O=C(O)C(F)(F)F. The lowest BCUT2D eigenvalue weighted by molar-refractivity contribution is -0.192. The highest BCUT2D eigenvalue weighted by atomic mass is 19.4. The van der Waals surface area contributed by atoms with E-state index in [1.807, 2.05) is 0 Å². The van der Waals surface area contributed by atoms with E-state index < -0.39 is 12.1 Å². The van der Waals surface area contributed by atoms with Crippen LogP contribution in [0.5, 0.6) is 0 Å². The third-order valence-electron chi connectivity index (χ3n) is 3.48. The lowest BCUT2D eigenvalue weighted by atomic mass is 10.1. The van der Waals surface area contributed by atoms with Gasteiger partial charge in [0.25, 0.3) is 0 Å². The topological polar surface area (TPSA) is 43.8 Å². The van der Waals surface area contributed by atoms with E-state index in [9.17, 15) is 13.2 Å². The van der Waals surface area contributed by atoms with Crippen molar-refractivity contribution in [3.63, 3.8) is 0 Å². The van der Waals surface area contributed by atoms with Gasteiger partial charge in [0.05, 0.1) is 6.67 Å². The van der Waals surface area contributed by atoms with Gasteiger partial charge in [-0.05, 0) is 6.42 Å². The summed E-state index contributed by atoms with van der Waals surface area (Å²) in [6.07, 6.45) is 10.6. The van der Waals surface area contributed by atoms with Gasteiger partial charge < -0.3 is 14.9 Å². The third-order valence-corrected chi connectivity index (χ3v) is 3.48. The number of nitrogens with zero attached hydrogens (tertiary/aromatic N) is 2. The van der Waals surface area contributed by atoms with Crippen molar-refractivity contribution in [1.29, 1.82) is 0 Å². The Bertz CT molecular complexity index is 347. The highest BCUT2D eigenvalue weighted by Crippen LogP contribution is 2.13. The van der Waals surface area contributed by atoms with Crippen molar-refractivity contribution in [2.45, 2.75) is 64.5 Å². The molecule has 0 saturated heterocycles. The van der Waals surface area contributed by atoms with Gasteiger partial charge in [0.2, 0.25) is 0 Å². The van der Waals surface area contributed by atoms with Crippen LogP contribution in [0.2, 0.25) is 0 Å². The second-order valence-corrected chi connectivity index (χ2v) is 5.79. The van der Waals surface area contributed by atoms with Crippen LogP contribution in [0.15, 0.2) is 12.4 Å². The first-order valence-electron chi connectivity index (χ1n) is 8.20. The molecule has 0 aromatic carbocycles. The maximum atomic E-state index is 10.6. The molecule has 1 aliphatic heterocycles. The molecular formula is C16H29F3N2O2. The van der Waals surface area contributed by atoms with E-state index in [0.717, 1.165) is 6.67 Å². The predicted molar refractivity (Wildman–Crippen MR) is 84.8 cm³/mol. The van der Waals surface area contributed by atoms with E-state index in [-0.39, 0.29) is 0 Å². The summed E-state index contributed by atoms with van der Waals surface area (Å²) >= 11 is 0. The molecule has 1 heterocycles. The lowest BCUT2D eigenvalue weighted by Gasteiger charge is -2.17. The molecule has 0 aliphatic carbocycles. The normalized spacial score (nSPS) is 14.0. The van der Waals surface area contributed by atoms with Crippen molar-refractivity contribution in [3.05, 3.63) is 12.4 Å². The number of alkyl halides is 3. The minimum atomic E-state index is -5.08. The molecular weight excluding hydrogens is 309 g/mol.